The van der Waals surface area contributed by atoms with Crippen LogP contribution >= 0.6 is 34.8 Å². The van der Waals surface area contributed by atoms with Crippen molar-refractivity contribution in [2.45, 2.75) is 19.8 Å². The predicted octanol–water partition coefficient (Wildman–Crippen LogP) is 5.86. The molecule has 7 nitrogen and oxygen atoms in total. The highest BCUT2D eigenvalue weighted by Crippen LogP contribution is 2.38. The maximum absolute atomic E-state index is 12.3. The lowest BCUT2D eigenvalue weighted by Gasteiger charge is -2.06. The van der Waals surface area contributed by atoms with Crippen LogP contribution in [0.25, 0.3) is 10.9 Å². The summed E-state index contributed by atoms with van der Waals surface area (Å²) >= 11 is 17.7. The topological polar surface area (TPSA) is 117 Å². The van der Waals surface area contributed by atoms with Gasteiger partial charge in [0.25, 0.3) is 0 Å². The molecule has 0 bridgehead atoms. The Labute approximate surface area is 169 Å². The summed E-state index contributed by atoms with van der Waals surface area (Å²) in [7, 11) is 0. The highest BCUT2D eigenvalue weighted by atomic mass is 35.5. The molecule has 0 fully saturated rings. The number of carbonyl (C=O) groups is 1. The van der Waals surface area contributed by atoms with Gasteiger partial charge in [-0.2, -0.15) is 0 Å². The highest BCUT2D eigenvalue weighted by molar-refractivity contribution is 6.46. The first-order chi connectivity index (χ1) is 12.7. The Bertz CT molecular complexity index is 1090. The molecule has 1 amide bonds. The number of fused-ring (bicyclic) bond motifs is 1. The molecule has 0 atom stereocenters. The fraction of sp³-hybridized carbons (Fsp3) is 0.176. The highest BCUT2D eigenvalue weighted by Gasteiger charge is 2.20. The Balaban J connectivity index is 2.03. The molecule has 140 valence electrons. The van der Waals surface area contributed by atoms with Gasteiger partial charge < -0.3 is 15.8 Å². The number of aromatic hydroxyl groups is 1. The van der Waals surface area contributed by atoms with Crippen LogP contribution in [0.5, 0.6) is 5.88 Å². The summed E-state index contributed by atoms with van der Waals surface area (Å²) in [5.74, 6) is -0.811. The number of hydrogen-bond acceptors (Lipinski definition) is 5. The molecule has 3 aromatic rings. The fourth-order valence-corrected chi connectivity index (χ4v) is 3.05. The number of nitrogens with zero attached hydrogens (tertiary/aromatic N) is 3. The van der Waals surface area contributed by atoms with Crippen LogP contribution in [-0.4, -0.2) is 21.0 Å². The van der Waals surface area contributed by atoms with Gasteiger partial charge in [-0.15, -0.1) is 10.2 Å². The number of nitrogens with one attached hydrogen (secondary N) is 1. The van der Waals surface area contributed by atoms with Crippen molar-refractivity contribution in [3.63, 3.8) is 0 Å². The second-order valence-electron chi connectivity index (χ2n) is 6.08. The molecular weight excluding hydrogens is 413 g/mol. The maximum Gasteiger partial charge on any atom is 0.315 e. The van der Waals surface area contributed by atoms with Crippen LogP contribution in [0.2, 0.25) is 15.2 Å². The van der Waals surface area contributed by atoms with Crippen molar-refractivity contribution in [2.75, 3.05) is 5.73 Å². The number of nitrogens with two attached hydrogens (primary N) is 1. The van der Waals surface area contributed by atoms with E-state index in [2.05, 4.69) is 20.2 Å². The minimum absolute atomic E-state index is 0.0503. The van der Waals surface area contributed by atoms with Gasteiger partial charge >= 0.3 is 5.91 Å². The molecular formula is C17H14Cl3N5O2. The number of amides is 1. The van der Waals surface area contributed by atoms with Gasteiger partial charge in [0.15, 0.2) is 16.5 Å². The minimum atomic E-state index is -0.876. The lowest BCUT2D eigenvalue weighted by atomic mass is 10.0. The number of carbonyl (C=O) groups excluding carboxylic acids is 1. The molecule has 27 heavy (non-hydrogen) atoms. The number of H-pyrrole nitrogens is 1. The molecule has 3 rings (SSSR count). The lowest BCUT2D eigenvalue weighted by molar-refractivity contribution is 0.0990. The second kappa shape index (κ2) is 7.34. The molecule has 4 N–H and O–H groups in total. The molecule has 0 spiro atoms. The molecule has 2 heterocycles. The van der Waals surface area contributed by atoms with Crippen molar-refractivity contribution in [2.24, 2.45) is 10.2 Å². The summed E-state index contributed by atoms with van der Waals surface area (Å²) in [5.41, 5.74) is 7.18. The third kappa shape index (κ3) is 3.58. The fourth-order valence-electron chi connectivity index (χ4n) is 2.46. The van der Waals surface area contributed by atoms with E-state index in [9.17, 15) is 9.90 Å². The Morgan fingerprint density at radius 1 is 1.26 bits per heavy atom. The van der Waals surface area contributed by atoms with Gasteiger partial charge in [-0.25, -0.2) is 4.98 Å². The van der Waals surface area contributed by atoms with E-state index in [4.69, 9.17) is 40.5 Å². The summed E-state index contributed by atoms with van der Waals surface area (Å²) in [5, 5.41) is 17.8. The van der Waals surface area contributed by atoms with E-state index < -0.39 is 5.91 Å². The van der Waals surface area contributed by atoms with Gasteiger partial charge in [-0.05, 0) is 23.6 Å². The van der Waals surface area contributed by atoms with Crippen LogP contribution in [0.4, 0.5) is 11.4 Å². The van der Waals surface area contributed by atoms with Crippen molar-refractivity contribution < 1.29 is 9.90 Å². The van der Waals surface area contributed by atoms with Crippen LogP contribution in [0.3, 0.4) is 0 Å². The largest absolute Gasteiger partial charge is 0.493 e. The van der Waals surface area contributed by atoms with Crippen LogP contribution in [0, 0.1) is 0 Å². The first-order valence-electron chi connectivity index (χ1n) is 7.81. The number of aromatic nitrogens is 2. The standard InChI is InChI=1S/C17H14Cl3N5O2/c1-6(2)7-3-4-9-8(5-7)13(16(26)22-9)24-25-17(27)14-10(18)12(21)11(19)15(20)23-14/h3-6,22,26H,1-2H3,(H2,21,23). The Morgan fingerprint density at radius 3 is 2.63 bits per heavy atom. The zero-order valence-electron chi connectivity index (χ0n) is 14.2. The molecule has 0 saturated carbocycles. The SMILES string of the molecule is CC(C)c1ccc2[nH]c(O)c(N=NC(=O)c3nc(Cl)c(Cl)c(N)c3Cl)c2c1. The van der Waals surface area contributed by atoms with Crippen LogP contribution in [-0.2, 0) is 0 Å². The van der Waals surface area contributed by atoms with Crippen LogP contribution in [0.1, 0.15) is 35.8 Å². The lowest BCUT2D eigenvalue weighted by Crippen LogP contribution is -2.03. The molecule has 1 aromatic carbocycles. The number of aromatic amines is 1. The third-order valence-corrected chi connectivity index (χ3v) is 5.09. The van der Waals surface area contributed by atoms with Gasteiger partial charge in [0, 0.05) is 5.39 Å². The van der Waals surface area contributed by atoms with E-state index in [0.29, 0.717) is 10.9 Å². The van der Waals surface area contributed by atoms with Crippen molar-refractivity contribution in [1.29, 1.82) is 0 Å². The number of azo groups is 1. The van der Waals surface area contributed by atoms with E-state index in [1.54, 1.807) is 0 Å². The molecule has 10 heteroatoms. The molecule has 0 aliphatic carbocycles. The number of anilines is 1. The second-order valence-corrected chi connectivity index (χ2v) is 7.19. The number of rotatable bonds is 3. The number of pyridine rings is 1. The number of hydrogen-bond donors (Lipinski definition) is 3. The van der Waals surface area contributed by atoms with Crippen molar-refractivity contribution >= 4 is 63.0 Å². The summed E-state index contributed by atoms with van der Waals surface area (Å²) in [6.45, 7) is 4.08. The summed E-state index contributed by atoms with van der Waals surface area (Å²) < 4.78 is 0. The van der Waals surface area contributed by atoms with Crippen molar-refractivity contribution in [3.05, 3.63) is 44.7 Å². The number of halogens is 3. The average Bonchev–Trinajstić information content (AvgIpc) is 2.95. The quantitative estimate of drug-likeness (QED) is 0.359. The van der Waals surface area contributed by atoms with Crippen molar-refractivity contribution in [3.8, 4) is 5.88 Å². The van der Waals surface area contributed by atoms with Gasteiger partial charge in [0.05, 0.1) is 16.2 Å². The van der Waals surface area contributed by atoms with E-state index in [1.165, 1.54) is 0 Å². The van der Waals surface area contributed by atoms with Crippen molar-refractivity contribution in [1.82, 2.24) is 9.97 Å². The first kappa shape index (κ1) is 19.4. The Morgan fingerprint density at radius 2 is 1.96 bits per heavy atom. The van der Waals surface area contributed by atoms with Gasteiger partial charge in [0.1, 0.15) is 5.02 Å². The van der Waals surface area contributed by atoms with Gasteiger partial charge in [-0.3, -0.25) is 4.79 Å². The summed E-state index contributed by atoms with van der Waals surface area (Å²) in [6.07, 6.45) is 0. The summed E-state index contributed by atoms with van der Waals surface area (Å²) in [6, 6.07) is 5.64. The maximum atomic E-state index is 12.3. The van der Waals surface area contributed by atoms with E-state index >= 15 is 0 Å². The van der Waals surface area contributed by atoms with Crippen LogP contribution in [0.15, 0.2) is 28.4 Å². The normalized spacial score (nSPS) is 11.8. The zero-order valence-corrected chi connectivity index (χ0v) is 16.5. The molecule has 0 aliphatic rings. The van der Waals surface area contributed by atoms with E-state index in [-0.39, 0.29) is 44.1 Å². The number of nitrogen functional groups attached to an aromatic ring is 1. The van der Waals surface area contributed by atoms with Crippen LogP contribution < -0.4 is 5.73 Å². The van der Waals surface area contributed by atoms with E-state index in [1.807, 2.05) is 32.0 Å². The monoisotopic (exact) mass is 425 g/mol. The minimum Gasteiger partial charge on any atom is -0.493 e. The summed E-state index contributed by atoms with van der Waals surface area (Å²) in [4.78, 5) is 18.9. The molecule has 0 unspecified atom stereocenters. The Kier molecular flexibility index (Phi) is 5.28. The Hall–Kier alpha value is -2.35. The predicted molar refractivity (Wildman–Crippen MR) is 107 cm³/mol. The zero-order chi connectivity index (χ0) is 19.9. The molecule has 0 aliphatic heterocycles. The van der Waals surface area contributed by atoms with E-state index in [0.717, 1.165) is 5.56 Å². The average molecular weight is 427 g/mol. The molecule has 2 aromatic heterocycles. The van der Waals surface area contributed by atoms with Gasteiger partial charge in [-0.1, -0.05) is 54.7 Å². The smallest absolute Gasteiger partial charge is 0.315 e. The van der Waals surface area contributed by atoms with Gasteiger partial charge in [0.2, 0.25) is 5.88 Å². The first-order valence-corrected chi connectivity index (χ1v) is 8.94. The third-order valence-electron chi connectivity index (χ3n) is 3.96. The number of benzene rings is 1. The molecule has 0 saturated heterocycles. The molecule has 0 radical (unpaired) electrons.